The molecule has 0 fully saturated rings. The Morgan fingerprint density at radius 3 is 2.15 bits per heavy atom. The lowest BCUT2D eigenvalue weighted by Gasteiger charge is -2.32. The number of carbonyl (C=O) groups excluding carboxylic acids is 2. The number of hydrogen-bond acceptors (Lipinski definition) is 4. The molecule has 0 bridgehead atoms. The van der Waals surface area contributed by atoms with Crippen molar-refractivity contribution in [3.05, 3.63) is 93.7 Å². The van der Waals surface area contributed by atoms with Crippen LogP contribution in [0.5, 0.6) is 0 Å². The quantitative estimate of drug-likeness (QED) is 0.257. The average Bonchev–Trinajstić information content (AvgIpc) is 2.92. The number of unbranched alkanes of at least 4 members (excludes halogenated alkanes) is 1. The fraction of sp³-hybridized carbons (Fsp3) is 0.310. The third-order valence-electron chi connectivity index (χ3n) is 6.39. The minimum atomic E-state index is -4.25. The van der Waals surface area contributed by atoms with Gasteiger partial charge in [0.25, 0.3) is 10.0 Å². The van der Waals surface area contributed by atoms with E-state index in [0.29, 0.717) is 22.2 Å². The Morgan fingerprint density at radius 2 is 1.57 bits per heavy atom. The molecule has 7 nitrogen and oxygen atoms in total. The van der Waals surface area contributed by atoms with E-state index in [2.05, 4.69) is 5.32 Å². The second kappa shape index (κ2) is 14.0. The summed E-state index contributed by atoms with van der Waals surface area (Å²) in [5.74, 6) is -1.64. The van der Waals surface area contributed by atoms with Crippen LogP contribution in [0.25, 0.3) is 0 Å². The summed E-state index contributed by atoms with van der Waals surface area (Å²) in [5.41, 5.74) is 1.36. The molecule has 11 heteroatoms. The molecule has 2 amide bonds. The second-order valence-electron chi connectivity index (χ2n) is 9.34. The highest BCUT2D eigenvalue weighted by molar-refractivity contribution is 7.92. The normalized spacial score (nSPS) is 12.1. The van der Waals surface area contributed by atoms with Crippen molar-refractivity contribution in [2.24, 2.45) is 0 Å². The fourth-order valence-corrected chi connectivity index (χ4v) is 5.88. The molecule has 0 aliphatic heterocycles. The highest BCUT2D eigenvalue weighted by atomic mass is 35.5. The van der Waals surface area contributed by atoms with Crippen LogP contribution in [0.2, 0.25) is 10.0 Å². The van der Waals surface area contributed by atoms with Gasteiger partial charge in [0.15, 0.2) is 0 Å². The molecule has 0 unspecified atom stereocenters. The lowest BCUT2D eigenvalue weighted by atomic mass is 10.1. The summed E-state index contributed by atoms with van der Waals surface area (Å²) in [6.45, 7) is 5.00. The topological polar surface area (TPSA) is 86.8 Å². The van der Waals surface area contributed by atoms with Crippen molar-refractivity contribution in [1.82, 2.24) is 10.2 Å². The van der Waals surface area contributed by atoms with Gasteiger partial charge in [0.2, 0.25) is 11.8 Å². The summed E-state index contributed by atoms with van der Waals surface area (Å²) >= 11 is 12.8. The van der Waals surface area contributed by atoms with Crippen LogP contribution in [0.1, 0.15) is 37.8 Å². The van der Waals surface area contributed by atoms with Crippen LogP contribution >= 0.6 is 23.2 Å². The molecule has 214 valence electrons. The number of nitrogens with one attached hydrogen (secondary N) is 1. The maximum absolute atomic E-state index is 13.9. The standard InChI is InChI=1S/C29H32Cl2FN3O4S/c1-4-5-17-33-29(37)21(3)34(18-25-26(30)7-6-8-27(25)31)28(36)19-35(23-13-11-22(32)12-14-23)40(38,39)24-15-9-20(2)10-16-24/h6-16,21H,4-5,17-19H2,1-3H3,(H,33,37)/t21-/m1/s1. The zero-order chi connectivity index (χ0) is 29.4. The average molecular weight is 609 g/mol. The van der Waals surface area contributed by atoms with E-state index >= 15 is 0 Å². The molecule has 1 atom stereocenters. The van der Waals surface area contributed by atoms with Gasteiger partial charge in [0.1, 0.15) is 18.4 Å². The summed E-state index contributed by atoms with van der Waals surface area (Å²) < 4.78 is 42.2. The summed E-state index contributed by atoms with van der Waals surface area (Å²) in [7, 11) is -4.25. The van der Waals surface area contributed by atoms with Gasteiger partial charge in [0.05, 0.1) is 10.6 Å². The van der Waals surface area contributed by atoms with Gasteiger partial charge in [-0.25, -0.2) is 12.8 Å². The molecule has 0 spiro atoms. The molecule has 40 heavy (non-hydrogen) atoms. The monoisotopic (exact) mass is 607 g/mol. The van der Waals surface area contributed by atoms with Gasteiger partial charge in [-0.2, -0.15) is 0 Å². The minimum absolute atomic E-state index is 0.0405. The van der Waals surface area contributed by atoms with E-state index < -0.39 is 40.2 Å². The molecular weight excluding hydrogens is 576 g/mol. The van der Waals surface area contributed by atoms with E-state index in [-0.39, 0.29) is 17.1 Å². The first-order valence-corrected chi connectivity index (χ1v) is 15.0. The van der Waals surface area contributed by atoms with E-state index in [0.717, 1.165) is 34.8 Å². The lowest BCUT2D eigenvalue weighted by molar-refractivity contribution is -0.139. The second-order valence-corrected chi connectivity index (χ2v) is 12.0. The molecule has 0 saturated carbocycles. The largest absolute Gasteiger partial charge is 0.354 e. The van der Waals surface area contributed by atoms with Gasteiger partial charge < -0.3 is 10.2 Å². The van der Waals surface area contributed by atoms with Crippen LogP contribution in [0, 0.1) is 12.7 Å². The molecule has 3 aromatic rings. The van der Waals surface area contributed by atoms with Crippen LogP contribution in [0.3, 0.4) is 0 Å². The van der Waals surface area contributed by atoms with Gasteiger partial charge >= 0.3 is 0 Å². The first kappa shape index (κ1) is 31.4. The molecular formula is C29H32Cl2FN3O4S. The number of rotatable bonds is 12. The van der Waals surface area contributed by atoms with Crippen molar-refractivity contribution in [2.45, 2.75) is 51.1 Å². The van der Waals surface area contributed by atoms with Gasteiger partial charge in [-0.05, 0) is 68.8 Å². The zero-order valence-corrected chi connectivity index (χ0v) is 24.9. The van der Waals surface area contributed by atoms with E-state index in [9.17, 15) is 22.4 Å². The Bertz CT molecular complexity index is 1410. The molecule has 0 saturated heterocycles. The zero-order valence-electron chi connectivity index (χ0n) is 22.5. The van der Waals surface area contributed by atoms with Gasteiger partial charge in [0, 0.05) is 28.7 Å². The van der Waals surface area contributed by atoms with Crippen molar-refractivity contribution in [3.8, 4) is 0 Å². The number of amides is 2. The van der Waals surface area contributed by atoms with Crippen LogP contribution in [-0.2, 0) is 26.2 Å². The molecule has 0 aliphatic rings. The number of anilines is 1. The maximum atomic E-state index is 13.9. The fourth-order valence-electron chi connectivity index (χ4n) is 3.95. The number of benzene rings is 3. The molecule has 3 rings (SSSR count). The Labute approximate surface area is 244 Å². The molecule has 3 aromatic carbocycles. The first-order valence-electron chi connectivity index (χ1n) is 12.8. The Balaban J connectivity index is 2.03. The van der Waals surface area contributed by atoms with Crippen molar-refractivity contribution < 1.29 is 22.4 Å². The number of halogens is 3. The SMILES string of the molecule is CCCCNC(=O)[C@@H](C)N(Cc1c(Cl)cccc1Cl)C(=O)CN(c1ccc(F)cc1)S(=O)(=O)c1ccc(C)cc1. The van der Waals surface area contributed by atoms with Crippen LogP contribution in [0.4, 0.5) is 10.1 Å². The van der Waals surface area contributed by atoms with Crippen molar-refractivity contribution in [3.63, 3.8) is 0 Å². The molecule has 0 aliphatic carbocycles. The van der Waals surface area contributed by atoms with Crippen LogP contribution in [-0.4, -0.2) is 44.3 Å². The smallest absolute Gasteiger partial charge is 0.264 e. The lowest BCUT2D eigenvalue weighted by Crippen LogP contribution is -2.51. The Kier molecular flexibility index (Phi) is 11.0. The van der Waals surface area contributed by atoms with Crippen LogP contribution in [0.15, 0.2) is 71.6 Å². The van der Waals surface area contributed by atoms with Gasteiger partial charge in [-0.1, -0.05) is 60.3 Å². The number of aryl methyl sites for hydroxylation is 1. The van der Waals surface area contributed by atoms with E-state index in [1.807, 2.05) is 13.8 Å². The third-order valence-corrected chi connectivity index (χ3v) is 8.89. The van der Waals surface area contributed by atoms with E-state index in [1.165, 1.54) is 29.2 Å². The maximum Gasteiger partial charge on any atom is 0.264 e. The summed E-state index contributed by atoms with van der Waals surface area (Å²) in [5, 5.41) is 3.41. The third kappa shape index (κ3) is 7.74. The predicted molar refractivity (Wildman–Crippen MR) is 157 cm³/mol. The number of hydrogen-bond donors (Lipinski definition) is 1. The number of carbonyl (C=O) groups is 2. The minimum Gasteiger partial charge on any atom is -0.354 e. The first-order chi connectivity index (χ1) is 18.9. The Hall–Kier alpha value is -3.14. The summed E-state index contributed by atoms with van der Waals surface area (Å²) in [6.07, 6.45) is 1.63. The van der Waals surface area contributed by atoms with E-state index in [1.54, 1.807) is 37.3 Å². The molecule has 0 heterocycles. The van der Waals surface area contributed by atoms with Crippen LogP contribution < -0.4 is 9.62 Å². The number of sulfonamides is 1. The predicted octanol–water partition coefficient (Wildman–Crippen LogP) is 5.97. The van der Waals surface area contributed by atoms with Crippen molar-refractivity contribution in [2.75, 3.05) is 17.4 Å². The number of nitrogens with zero attached hydrogens (tertiary/aromatic N) is 2. The van der Waals surface area contributed by atoms with E-state index in [4.69, 9.17) is 23.2 Å². The summed E-state index contributed by atoms with van der Waals surface area (Å²) in [6, 6.07) is 14.9. The molecule has 0 aromatic heterocycles. The van der Waals surface area contributed by atoms with Gasteiger partial charge in [-0.15, -0.1) is 0 Å². The van der Waals surface area contributed by atoms with Crippen molar-refractivity contribution >= 4 is 50.7 Å². The highest BCUT2D eigenvalue weighted by Crippen LogP contribution is 2.28. The van der Waals surface area contributed by atoms with Gasteiger partial charge in [-0.3, -0.25) is 13.9 Å². The Morgan fingerprint density at radius 1 is 0.975 bits per heavy atom. The highest BCUT2D eigenvalue weighted by Gasteiger charge is 2.33. The van der Waals surface area contributed by atoms with Crippen molar-refractivity contribution in [1.29, 1.82) is 0 Å². The molecule has 0 radical (unpaired) electrons. The molecule has 1 N–H and O–H groups in total. The summed E-state index contributed by atoms with van der Waals surface area (Å²) in [4.78, 5) is 28.1.